The number of halogens is 1. The normalized spacial score (nSPS) is 29.2. The Labute approximate surface area is 78.9 Å². The lowest BCUT2D eigenvalue weighted by molar-refractivity contribution is -0.129. The van der Waals surface area contributed by atoms with E-state index in [0.29, 0.717) is 11.9 Å². The second-order valence-corrected chi connectivity index (χ2v) is 3.34. The summed E-state index contributed by atoms with van der Waals surface area (Å²) in [5, 5.41) is 3.28. The van der Waals surface area contributed by atoms with Crippen LogP contribution in [0.4, 0.5) is 0 Å². The van der Waals surface area contributed by atoms with Crippen molar-refractivity contribution in [3.63, 3.8) is 0 Å². The Hall–Kier alpha value is -0.280. The Bertz CT molecular complexity index is 168. The Morgan fingerprint density at radius 3 is 2.83 bits per heavy atom. The van der Waals surface area contributed by atoms with Gasteiger partial charge in [-0.1, -0.05) is 0 Å². The van der Waals surface area contributed by atoms with Gasteiger partial charge in [-0.3, -0.25) is 4.79 Å². The van der Waals surface area contributed by atoms with Gasteiger partial charge in [0.15, 0.2) is 0 Å². The molecule has 3 nitrogen and oxygen atoms in total. The molecule has 2 rings (SSSR count). The number of nitrogens with one attached hydrogen (secondary N) is 1. The molecule has 2 aliphatic rings. The van der Waals surface area contributed by atoms with E-state index in [9.17, 15) is 4.79 Å². The van der Waals surface area contributed by atoms with Crippen molar-refractivity contribution in [2.45, 2.75) is 25.3 Å². The number of nitrogens with zero attached hydrogens (tertiary/aromatic N) is 1. The van der Waals surface area contributed by atoms with E-state index >= 15 is 0 Å². The third-order valence-electron chi connectivity index (χ3n) is 2.59. The average Bonchev–Trinajstić information content (AvgIpc) is 2.55. The highest BCUT2D eigenvalue weighted by Crippen LogP contribution is 2.16. The van der Waals surface area contributed by atoms with Crippen LogP contribution in [0.2, 0.25) is 0 Å². The number of carbonyl (C=O) groups excluding carboxylic acids is 1. The van der Waals surface area contributed by atoms with E-state index in [1.54, 1.807) is 0 Å². The van der Waals surface area contributed by atoms with Gasteiger partial charge < -0.3 is 10.2 Å². The number of hydrogen-bond donors (Lipinski definition) is 1. The van der Waals surface area contributed by atoms with Crippen LogP contribution >= 0.6 is 12.4 Å². The Morgan fingerprint density at radius 1 is 1.50 bits per heavy atom. The van der Waals surface area contributed by atoms with E-state index in [0.717, 1.165) is 38.9 Å². The minimum atomic E-state index is 0. The molecule has 0 saturated carbocycles. The maximum absolute atomic E-state index is 11.3. The Balaban J connectivity index is 0.000000720. The molecule has 0 aromatic heterocycles. The molecule has 1 N–H and O–H groups in total. The molecule has 0 unspecified atom stereocenters. The fraction of sp³-hybridized carbons (Fsp3) is 0.875. The first kappa shape index (κ1) is 9.81. The molecule has 0 aromatic rings. The van der Waals surface area contributed by atoms with E-state index in [-0.39, 0.29) is 12.4 Å². The van der Waals surface area contributed by atoms with E-state index in [1.165, 1.54) is 0 Å². The van der Waals surface area contributed by atoms with E-state index in [2.05, 4.69) is 5.32 Å². The molecule has 2 heterocycles. The van der Waals surface area contributed by atoms with Crippen molar-refractivity contribution in [3.05, 3.63) is 0 Å². The van der Waals surface area contributed by atoms with Crippen LogP contribution in [0.15, 0.2) is 0 Å². The summed E-state index contributed by atoms with van der Waals surface area (Å²) in [5.41, 5.74) is 0. The SMILES string of the molecule is Cl.O=C1CCCN1[C@H]1CCNC1. The van der Waals surface area contributed by atoms with Crippen molar-refractivity contribution in [1.29, 1.82) is 0 Å². The molecule has 2 saturated heterocycles. The monoisotopic (exact) mass is 190 g/mol. The number of carbonyl (C=O) groups is 1. The third kappa shape index (κ3) is 1.72. The molecule has 4 heteroatoms. The fourth-order valence-electron chi connectivity index (χ4n) is 1.96. The molecule has 2 fully saturated rings. The molecule has 0 aromatic carbocycles. The minimum absolute atomic E-state index is 0. The van der Waals surface area contributed by atoms with Crippen LogP contribution in [0.5, 0.6) is 0 Å². The first-order valence-electron chi connectivity index (χ1n) is 4.38. The van der Waals surface area contributed by atoms with Crippen molar-refractivity contribution in [1.82, 2.24) is 10.2 Å². The molecule has 0 spiro atoms. The first-order chi connectivity index (χ1) is 5.38. The molecule has 0 bridgehead atoms. The predicted molar refractivity (Wildman–Crippen MR) is 49.5 cm³/mol. The molecule has 2 aliphatic heterocycles. The lowest BCUT2D eigenvalue weighted by atomic mass is 10.2. The number of rotatable bonds is 1. The molecule has 1 amide bonds. The molecule has 0 radical (unpaired) electrons. The summed E-state index contributed by atoms with van der Waals surface area (Å²) in [7, 11) is 0. The van der Waals surface area contributed by atoms with Gasteiger partial charge >= 0.3 is 0 Å². The van der Waals surface area contributed by atoms with Gasteiger partial charge in [-0.2, -0.15) is 0 Å². The van der Waals surface area contributed by atoms with Gasteiger partial charge in [0, 0.05) is 25.6 Å². The van der Waals surface area contributed by atoms with Crippen molar-refractivity contribution >= 4 is 18.3 Å². The molecular formula is C8H15ClN2O. The largest absolute Gasteiger partial charge is 0.338 e. The zero-order chi connectivity index (χ0) is 7.68. The van der Waals surface area contributed by atoms with Gasteiger partial charge in [0.2, 0.25) is 5.91 Å². The summed E-state index contributed by atoms with van der Waals surface area (Å²) >= 11 is 0. The second-order valence-electron chi connectivity index (χ2n) is 3.34. The summed E-state index contributed by atoms with van der Waals surface area (Å²) in [6.07, 6.45) is 2.98. The molecule has 0 aliphatic carbocycles. The van der Waals surface area contributed by atoms with Crippen LogP contribution < -0.4 is 5.32 Å². The fourth-order valence-corrected chi connectivity index (χ4v) is 1.96. The highest BCUT2D eigenvalue weighted by Gasteiger charge is 2.29. The van der Waals surface area contributed by atoms with Crippen LogP contribution in [0.1, 0.15) is 19.3 Å². The smallest absolute Gasteiger partial charge is 0.222 e. The van der Waals surface area contributed by atoms with Gasteiger partial charge in [-0.05, 0) is 19.4 Å². The molecular weight excluding hydrogens is 176 g/mol. The quantitative estimate of drug-likeness (QED) is 0.649. The van der Waals surface area contributed by atoms with Gasteiger partial charge in [0.1, 0.15) is 0 Å². The predicted octanol–water partition coefficient (Wildman–Crippen LogP) is 0.392. The summed E-state index contributed by atoms with van der Waals surface area (Å²) in [5.74, 6) is 0.360. The van der Waals surface area contributed by atoms with Crippen LogP contribution in [-0.4, -0.2) is 36.5 Å². The Kier molecular flexibility index (Phi) is 3.35. The summed E-state index contributed by atoms with van der Waals surface area (Å²) in [6.45, 7) is 3.07. The molecule has 70 valence electrons. The topological polar surface area (TPSA) is 32.3 Å². The van der Waals surface area contributed by atoms with Gasteiger partial charge in [-0.15, -0.1) is 12.4 Å². The Morgan fingerprint density at radius 2 is 2.33 bits per heavy atom. The zero-order valence-corrected chi connectivity index (χ0v) is 7.90. The number of amides is 1. The maximum atomic E-state index is 11.3. The van der Waals surface area contributed by atoms with Crippen LogP contribution in [0, 0.1) is 0 Å². The van der Waals surface area contributed by atoms with Crippen LogP contribution in [-0.2, 0) is 4.79 Å². The number of likely N-dealkylation sites (tertiary alicyclic amines) is 1. The van der Waals surface area contributed by atoms with Gasteiger partial charge in [0.25, 0.3) is 0 Å². The minimum Gasteiger partial charge on any atom is -0.338 e. The molecule has 12 heavy (non-hydrogen) atoms. The van der Waals surface area contributed by atoms with Crippen molar-refractivity contribution in [3.8, 4) is 0 Å². The maximum Gasteiger partial charge on any atom is 0.222 e. The first-order valence-corrected chi connectivity index (χ1v) is 4.38. The van der Waals surface area contributed by atoms with Crippen LogP contribution in [0.25, 0.3) is 0 Å². The second kappa shape index (κ2) is 4.10. The summed E-state index contributed by atoms with van der Waals surface area (Å²) < 4.78 is 0. The van der Waals surface area contributed by atoms with Crippen LogP contribution in [0.3, 0.4) is 0 Å². The summed E-state index contributed by atoms with van der Waals surface area (Å²) in [6, 6.07) is 0.505. The van der Waals surface area contributed by atoms with Crippen molar-refractivity contribution < 1.29 is 4.79 Å². The van der Waals surface area contributed by atoms with Crippen molar-refractivity contribution in [2.75, 3.05) is 19.6 Å². The van der Waals surface area contributed by atoms with E-state index in [4.69, 9.17) is 0 Å². The van der Waals surface area contributed by atoms with Gasteiger partial charge in [-0.25, -0.2) is 0 Å². The standard InChI is InChI=1S/C8H14N2O.ClH/c11-8-2-1-5-10(8)7-3-4-9-6-7;/h7,9H,1-6H2;1H/t7-;/m0./s1. The zero-order valence-electron chi connectivity index (χ0n) is 7.08. The van der Waals surface area contributed by atoms with Crippen molar-refractivity contribution in [2.24, 2.45) is 0 Å². The third-order valence-corrected chi connectivity index (χ3v) is 2.59. The van der Waals surface area contributed by atoms with Gasteiger partial charge in [0.05, 0.1) is 0 Å². The lowest BCUT2D eigenvalue weighted by Crippen LogP contribution is -2.37. The highest BCUT2D eigenvalue weighted by molar-refractivity contribution is 5.85. The average molecular weight is 191 g/mol. The molecule has 1 atom stereocenters. The summed E-state index contributed by atoms with van der Waals surface area (Å²) in [4.78, 5) is 13.3. The lowest BCUT2D eigenvalue weighted by Gasteiger charge is -2.22. The van der Waals surface area contributed by atoms with E-state index in [1.807, 2.05) is 4.90 Å². The number of hydrogen-bond acceptors (Lipinski definition) is 2. The highest BCUT2D eigenvalue weighted by atomic mass is 35.5. The van der Waals surface area contributed by atoms with E-state index < -0.39 is 0 Å².